The molecule has 0 unspecified atom stereocenters. The first-order chi connectivity index (χ1) is 16.5. The number of carbonyl (C=O) groups is 1. The van der Waals surface area contributed by atoms with E-state index in [-0.39, 0.29) is 5.56 Å². The van der Waals surface area contributed by atoms with Crippen molar-refractivity contribution < 1.29 is 75.4 Å². The number of alkyl halides is 15. The van der Waals surface area contributed by atoms with E-state index in [1.54, 1.807) is 0 Å². The fourth-order valence-electron chi connectivity index (χ4n) is 2.64. The molecule has 2 aromatic rings. The molecule has 0 aliphatic carbocycles. The molecule has 2 aromatic carbocycles. The molecule has 0 saturated carbocycles. The first-order valence-electron chi connectivity index (χ1n) is 9.18. The second kappa shape index (κ2) is 9.01. The van der Waals surface area contributed by atoms with Crippen LogP contribution in [0.4, 0.5) is 65.9 Å². The quantitative estimate of drug-likeness (QED) is 0.187. The molecular formula is C20H9F15O2. The van der Waals surface area contributed by atoms with E-state index in [4.69, 9.17) is 0 Å². The van der Waals surface area contributed by atoms with Crippen molar-refractivity contribution in [3.8, 4) is 16.9 Å². The lowest BCUT2D eigenvalue weighted by Gasteiger charge is -2.40. The van der Waals surface area contributed by atoms with Crippen LogP contribution in [0.1, 0.15) is 0 Å². The van der Waals surface area contributed by atoms with Crippen molar-refractivity contribution in [3.05, 3.63) is 54.6 Å². The molecular weight excluding hydrogens is 557 g/mol. The number of rotatable bonds is 8. The molecule has 17 heteroatoms. The molecule has 0 bridgehead atoms. The minimum atomic E-state index is -8.49. The Bertz CT molecular complexity index is 1120. The van der Waals surface area contributed by atoms with E-state index in [0.29, 0.717) is 17.7 Å². The van der Waals surface area contributed by atoms with Gasteiger partial charge in [0.25, 0.3) is 0 Å². The molecule has 0 aliphatic heterocycles. The van der Waals surface area contributed by atoms with E-state index < -0.39 is 53.4 Å². The van der Waals surface area contributed by atoms with Crippen LogP contribution in [0.3, 0.4) is 0 Å². The van der Waals surface area contributed by atoms with Crippen LogP contribution in [0.2, 0.25) is 0 Å². The van der Waals surface area contributed by atoms with Gasteiger partial charge in [0.15, 0.2) is 0 Å². The minimum Gasteiger partial charge on any atom is -0.422 e. The van der Waals surface area contributed by atoms with Gasteiger partial charge in [-0.25, -0.2) is 4.79 Å². The molecule has 0 amide bonds. The zero-order valence-corrected chi connectivity index (χ0v) is 17.2. The molecule has 2 rings (SSSR count). The summed E-state index contributed by atoms with van der Waals surface area (Å²) >= 11 is 0. The Kier molecular flexibility index (Phi) is 7.32. The van der Waals surface area contributed by atoms with Gasteiger partial charge in [0, 0.05) is 0 Å². The Hall–Kier alpha value is -3.14. The third-order valence-electron chi connectivity index (χ3n) is 4.74. The maximum Gasteiger partial charge on any atom is 0.460 e. The van der Waals surface area contributed by atoms with Crippen molar-refractivity contribution in [1.29, 1.82) is 0 Å². The van der Waals surface area contributed by atoms with Crippen molar-refractivity contribution in [2.75, 3.05) is 0 Å². The van der Waals surface area contributed by atoms with Gasteiger partial charge < -0.3 is 4.74 Å². The Morgan fingerprint density at radius 3 is 1.43 bits per heavy atom. The third-order valence-corrected chi connectivity index (χ3v) is 4.74. The van der Waals surface area contributed by atoms with E-state index in [0.717, 1.165) is 6.07 Å². The number of hydrogen-bond acceptors (Lipinski definition) is 2. The van der Waals surface area contributed by atoms with Gasteiger partial charge in [0.2, 0.25) is 0 Å². The van der Waals surface area contributed by atoms with Gasteiger partial charge in [-0.05, 0) is 23.3 Å². The lowest BCUT2D eigenvalue weighted by molar-refractivity contribution is -0.450. The third kappa shape index (κ3) is 4.56. The summed E-state index contributed by atoms with van der Waals surface area (Å²) in [5.74, 6) is -53.3. The first kappa shape index (κ1) is 30.1. The maximum atomic E-state index is 14.0. The zero-order valence-electron chi connectivity index (χ0n) is 17.2. The molecule has 0 saturated heterocycles. The number of hydrogen-bond donors (Lipinski definition) is 0. The average molecular weight is 566 g/mol. The van der Waals surface area contributed by atoms with E-state index in [1.807, 2.05) is 0 Å². The SMILES string of the molecule is O=C(Oc1cccc(-c2ccccc2)c1)C(F)(F)C(F)(F)C(F)(F)C(F)(F)C(F)(F)C(F)(F)C(F)(F)F. The van der Waals surface area contributed by atoms with E-state index >= 15 is 0 Å². The summed E-state index contributed by atoms with van der Waals surface area (Å²) in [5, 5.41) is 0. The smallest absolute Gasteiger partial charge is 0.422 e. The van der Waals surface area contributed by atoms with E-state index in [2.05, 4.69) is 4.74 Å². The second-order valence-corrected chi connectivity index (χ2v) is 7.23. The number of benzene rings is 2. The summed E-state index contributed by atoms with van der Waals surface area (Å²) in [4.78, 5) is 11.6. The normalized spacial score (nSPS) is 14.5. The topological polar surface area (TPSA) is 26.3 Å². The molecule has 0 fully saturated rings. The Morgan fingerprint density at radius 1 is 0.514 bits per heavy atom. The van der Waals surface area contributed by atoms with Crippen LogP contribution in [0.5, 0.6) is 5.75 Å². The molecule has 0 radical (unpaired) electrons. The van der Waals surface area contributed by atoms with E-state index in [9.17, 15) is 70.7 Å². The summed E-state index contributed by atoms with van der Waals surface area (Å²) in [6.07, 6.45) is -7.71. The predicted molar refractivity (Wildman–Crippen MR) is 93.3 cm³/mol. The van der Waals surface area contributed by atoms with Crippen molar-refractivity contribution in [1.82, 2.24) is 0 Å². The van der Waals surface area contributed by atoms with Gasteiger partial charge >= 0.3 is 47.7 Å². The lowest BCUT2D eigenvalue weighted by atomic mass is 9.91. The Balaban J connectivity index is 2.46. The Morgan fingerprint density at radius 2 is 0.946 bits per heavy atom. The summed E-state index contributed by atoms with van der Waals surface area (Å²) in [6.45, 7) is 0. The molecule has 0 heterocycles. The highest BCUT2D eigenvalue weighted by atomic mass is 19.4. The molecule has 0 N–H and O–H groups in total. The van der Waals surface area contributed by atoms with Crippen molar-refractivity contribution in [2.45, 2.75) is 41.7 Å². The first-order valence-corrected chi connectivity index (χ1v) is 9.18. The van der Waals surface area contributed by atoms with Crippen LogP contribution in [-0.4, -0.2) is 47.7 Å². The van der Waals surface area contributed by atoms with Crippen LogP contribution in [0, 0.1) is 0 Å². The van der Waals surface area contributed by atoms with Gasteiger partial charge in [-0.2, -0.15) is 65.9 Å². The molecule has 2 nitrogen and oxygen atoms in total. The molecule has 0 aliphatic rings. The highest BCUT2D eigenvalue weighted by Crippen LogP contribution is 2.62. The van der Waals surface area contributed by atoms with Crippen molar-refractivity contribution in [3.63, 3.8) is 0 Å². The van der Waals surface area contributed by atoms with Crippen LogP contribution in [-0.2, 0) is 4.79 Å². The number of carbonyl (C=O) groups excluding carboxylic acids is 1. The van der Waals surface area contributed by atoms with Gasteiger partial charge in [0.1, 0.15) is 5.75 Å². The number of halogens is 15. The fourth-order valence-corrected chi connectivity index (χ4v) is 2.64. The van der Waals surface area contributed by atoms with Crippen LogP contribution >= 0.6 is 0 Å². The highest BCUT2D eigenvalue weighted by Gasteiger charge is 2.94. The number of ether oxygens (including phenoxy) is 1. The van der Waals surface area contributed by atoms with Crippen molar-refractivity contribution in [2.24, 2.45) is 0 Å². The maximum absolute atomic E-state index is 14.0. The zero-order chi connectivity index (χ0) is 28.9. The molecule has 0 aromatic heterocycles. The largest absolute Gasteiger partial charge is 0.460 e. The Labute approximate surface area is 195 Å². The molecule has 0 spiro atoms. The van der Waals surface area contributed by atoms with E-state index in [1.165, 1.54) is 36.4 Å². The predicted octanol–water partition coefficient (Wildman–Crippen LogP) is 7.63. The molecule has 37 heavy (non-hydrogen) atoms. The van der Waals surface area contributed by atoms with Gasteiger partial charge in [-0.1, -0.05) is 42.5 Å². The van der Waals surface area contributed by atoms with Gasteiger partial charge in [-0.3, -0.25) is 0 Å². The summed E-state index contributed by atoms with van der Waals surface area (Å²) in [5.41, 5.74) is 0.350. The summed E-state index contributed by atoms with van der Waals surface area (Å²) in [7, 11) is 0. The molecule has 206 valence electrons. The second-order valence-electron chi connectivity index (χ2n) is 7.23. The summed E-state index contributed by atoms with van der Waals surface area (Å²) in [6, 6.07) is 10.8. The highest BCUT2D eigenvalue weighted by molar-refractivity contribution is 5.82. The summed E-state index contributed by atoms with van der Waals surface area (Å²) < 4.78 is 202. The van der Waals surface area contributed by atoms with Crippen LogP contribution in [0.15, 0.2) is 54.6 Å². The van der Waals surface area contributed by atoms with Crippen LogP contribution in [0.25, 0.3) is 11.1 Å². The monoisotopic (exact) mass is 566 g/mol. The molecule has 0 atom stereocenters. The standard InChI is InChI=1S/C20H9F15O2/c21-14(22,13(36)37-12-8-4-7-11(9-12)10-5-2-1-3-6-10)15(23,24)16(25,26)17(27,28)18(29,30)19(31,32)20(33,34)35/h1-9H. The van der Waals surface area contributed by atoms with Gasteiger partial charge in [-0.15, -0.1) is 0 Å². The van der Waals surface area contributed by atoms with Crippen molar-refractivity contribution >= 4 is 5.97 Å². The van der Waals surface area contributed by atoms with Crippen LogP contribution < -0.4 is 4.74 Å². The average Bonchev–Trinajstić information content (AvgIpc) is 2.78. The fraction of sp³-hybridized carbons (Fsp3) is 0.350. The lowest BCUT2D eigenvalue weighted by Crippen LogP contribution is -2.73. The van der Waals surface area contributed by atoms with Gasteiger partial charge in [0.05, 0.1) is 0 Å². The minimum absolute atomic E-state index is 0.0480. The number of esters is 1.